The smallest absolute Gasteiger partial charge is 0.233 e. The van der Waals surface area contributed by atoms with E-state index in [2.05, 4.69) is 10.0 Å². The van der Waals surface area contributed by atoms with Crippen LogP contribution < -0.4 is 10.0 Å². The van der Waals surface area contributed by atoms with Gasteiger partial charge in [0.05, 0.1) is 5.75 Å². The van der Waals surface area contributed by atoms with Crippen LogP contribution in [0.1, 0.15) is 18.4 Å². The van der Waals surface area contributed by atoms with E-state index in [-0.39, 0.29) is 5.75 Å². The first kappa shape index (κ1) is 13.6. The first-order valence-electron chi connectivity index (χ1n) is 5.96. The maximum Gasteiger partial charge on any atom is 0.233 e. The summed E-state index contributed by atoms with van der Waals surface area (Å²) < 4.78 is 26.1. The quantitative estimate of drug-likeness (QED) is 0.843. The number of nitrogens with one attached hydrogen (secondary N) is 2. The van der Waals surface area contributed by atoms with Crippen molar-refractivity contribution in [1.29, 1.82) is 0 Å². The van der Waals surface area contributed by atoms with Gasteiger partial charge in [-0.2, -0.15) is 0 Å². The molecule has 1 aliphatic rings. The van der Waals surface area contributed by atoms with Gasteiger partial charge in [-0.15, -0.1) is 0 Å². The first-order chi connectivity index (χ1) is 8.46. The van der Waals surface area contributed by atoms with Gasteiger partial charge >= 0.3 is 0 Å². The molecule has 0 saturated heterocycles. The summed E-state index contributed by atoms with van der Waals surface area (Å²) in [5.41, 5.74) is 1.44. The lowest BCUT2D eigenvalue weighted by molar-refractivity contribution is 0.595. The summed E-state index contributed by atoms with van der Waals surface area (Å²) in [6, 6.07) is 5.66. The summed E-state index contributed by atoms with van der Waals surface area (Å²) in [6.07, 6.45) is 2.31. The van der Waals surface area contributed by atoms with E-state index in [1.54, 1.807) is 18.2 Å². The molecule has 2 N–H and O–H groups in total. The molecule has 18 heavy (non-hydrogen) atoms. The van der Waals surface area contributed by atoms with Gasteiger partial charge in [0.1, 0.15) is 0 Å². The summed E-state index contributed by atoms with van der Waals surface area (Å²) >= 11 is 5.95. The van der Waals surface area contributed by atoms with Crippen LogP contribution in [0.15, 0.2) is 18.2 Å². The van der Waals surface area contributed by atoms with E-state index in [9.17, 15) is 8.42 Å². The van der Waals surface area contributed by atoms with Crippen molar-refractivity contribution in [3.8, 4) is 0 Å². The van der Waals surface area contributed by atoms with Crippen molar-refractivity contribution < 1.29 is 8.42 Å². The Kier molecular flexibility index (Phi) is 4.14. The van der Waals surface area contributed by atoms with Crippen LogP contribution in [0.4, 0.5) is 5.69 Å². The van der Waals surface area contributed by atoms with Crippen molar-refractivity contribution in [3.63, 3.8) is 0 Å². The lowest BCUT2D eigenvalue weighted by Crippen LogP contribution is -2.28. The Labute approximate surface area is 113 Å². The summed E-state index contributed by atoms with van der Waals surface area (Å²) in [4.78, 5) is 0. The lowest BCUT2D eigenvalue weighted by Gasteiger charge is -2.09. The van der Waals surface area contributed by atoms with Crippen LogP contribution in [0, 0.1) is 6.92 Å². The Morgan fingerprint density at radius 1 is 1.39 bits per heavy atom. The van der Waals surface area contributed by atoms with E-state index in [4.69, 9.17) is 11.6 Å². The zero-order valence-corrected chi connectivity index (χ0v) is 11.8. The molecule has 0 aliphatic heterocycles. The molecule has 0 aromatic heterocycles. The topological polar surface area (TPSA) is 58.2 Å². The number of hydrogen-bond donors (Lipinski definition) is 2. The predicted molar refractivity (Wildman–Crippen MR) is 74.6 cm³/mol. The van der Waals surface area contributed by atoms with Crippen molar-refractivity contribution in [2.45, 2.75) is 25.8 Å². The Bertz CT molecular complexity index is 527. The summed E-state index contributed by atoms with van der Waals surface area (Å²) in [7, 11) is -3.30. The average molecular weight is 289 g/mol. The van der Waals surface area contributed by atoms with E-state index in [1.165, 1.54) is 0 Å². The molecule has 0 radical (unpaired) electrons. The summed E-state index contributed by atoms with van der Waals surface area (Å²) in [5.74, 6) is 0.0784. The molecule has 2 rings (SSSR count). The third-order valence-electron chi connectivity index (χ3n) is 2.83. The number of aryl methyl sites for hydroxylation is 1. The van der Waals surface area contributed by atoms with Crippen LogP contribution in [-0.4, -0.2) is 26.8 Å². The zero-order valence-electron chi connectivity index (χ0n) is 10.2. The molecule has 0 atom stereocenters. The van der Waals surface area contributed by atoms with Gasteiger partial charge in [-0.3, -0.25) is 4.72 Å². The molecule has 0 spiro atoms. The molecular weight excluding hydrogens is 272 g/mol. The number of sulfonamides is 1. The molecule has 1 aromatic rings. The van der Waals surface area contributed by atoms with Gasteiger partial charge in [-0.1, -0.05) is 17.7 Å². The molecule has 0 unspecified atom stereocenters. The third kappa shape index (κ3) is 4.15. The second kappa shape index (κ2) is 5.47. The highest BCUT2D eigenvalue weighted by Crippen LogP contribution is 2.21. The highest BCUT2D eigenvalue weighted by Gasteiger charge is 2.21. The highest BCUT2D eigenvalue weighted by atomic mass is 35.5. The molecule has 1 aliphatic carbocycles. The fourth-order valence-electron chi connectivity index (χ4n) is 1.57. The largest absolute Gasteiger partial charge is 0.313 e. The predicted octanol–water partition coefficient (Wildman–Crippen LogP) is 2.14. The summed E-state index contributed by atoms with van der Waals surface area (Å²) in [5, 5.41) is 3.74. The van der Waals surface area contributed by atoms with Gasteiger partial charge in [0, 0.05) is 23.3 Å². The molecule has 6 heteroatoms. The average Bonchev–Trinajstić information content (AvgIpc) is 3.07. The van der Waals surface area contributed by atoms with Crippen molar-refractivity contribution in [3.05, 3.63) is 28.8 Å². The molecule has 0 bridgehead atoms. The molecule has 100 valence electrons. The molecular formula is C12H17ClN2O2S. The van der Waals surface area contributed by atoms with E-state index in [1.807, 2.05) is 6.92 Å². The van der Waals surface area contributed by atoms with Crippen LogP contribution >= 0.6 is 11.6 Å². The number of hydrogen-bond acceptors (Lipinski definition) is 3. The van der Waals surface area contributed by atoms with Gasteiger partial charge < -0.3 is 5.32 Å². The van der Waals surface area contributed by atoms with Crippen LogP contribution in [0.3, 0.4) is 0 Å². The first-order valence-corrected chi connectivity index (χ1v) is 7.99. The molecule has 0 amide bonds. The minimum Gasteiger partial charge on any atom is -0.313 e. The lowest BCUT2D eigenvalue weighted by atomic mass is 10.2. The van der Waals surface area contributed by atoms with E-state index in [0.29, 0.717) is 23.3 Å². The van der Waals surface area contributed by atoms with Crippen LogP contribution in [0.25, 0.3) is 0 Å². The summed E-state index contributed by atoms with van der Waals surface area (Å²) in [6.45, 7) is 2.36. The maximum absolute atomic E-state index is 11.8. The molecule has 1 aromatic carbocycles. The maximum atomic E-state index is 11.8. The number of anilines is 1. The van der Waals surface area contributed by atoms with Crippen molar-refractivity contribution in [2.75, 3.05) is 17.0 Å². The van der Waals surface area contributed by atoms with Gasteiger partial charge in [0.15, 0.2) is 0 Å². The monoisotopic (exact) mass is 288 g/mol. The zero-order chi connectivity index (χ0) is 13.2. The normalized spacial score (nSPS) is 15.7. The van der Waals surface area contributed by atoms with Crippen LogP contribution in [0.2, 0.25) is 5.02 Å². The Morgan fingerprint density at radius 3 is 2.72 bits per heavy atom. The van der Waals surface area contributed by atoms with Gasteiger partial charge in [0.2, 0.25) is 10.0 Å². The Hall–Kier alpha value is -0.780. The fourth-order valence-corrected chi connectivity index (χ4v) is 2.73. The second-order valence-corrected chi connectivity index (χ2v) is 6.86. The van der Waals surface area contributed by atoms with Crippen LogP contribution in [-0.2, 0) is 10.0 Å². The Morgan fingerprint density at radius 2 is 2.11 bits per heavy atom. The fraction of sp³-hybridized carbons (Fsp3) is 0.500. The minimum atomic E-state index is -3.30. The number of halogens is 1. The van der Waals surface area contributed by atoms with Crippen molar-refractivity contribution in [2.24, 2.45) is 0 Å². The molecule has 4 nitrogen and oxygen atoms in total. The van der Waals surface area contributed by atoms with Crippen molar-refractivity contribution in [1.82, 2.24) is 5.32 Å². The number of benzene rings is 1. The standard InChI is InChI=1S/C12H17ClN2O2S/c1-9-2-3-11(8-12(9)13)15-18(16,17)7-6-14-10-4-5-10/h2-3,8,10,14-15H,4-7H2,1H3. The Balaban J connectivity index is 1.91. The molecule has 1 saturated carbocycles. The highest BCUT2D eigenvalue weighted by molar-refractivity contribution is 7.92. The van der Waals surface area contributed by atoms with E-state index in [0.717, 1.165) is 18.4 Å². The van der Waals surface area contributed by atoms with Gasteiger partial charge in [-0.05, 0) is 37.5 Å². The SMILES string of the molecule is Cc1ccc(NS(=O)(=O)CCNC2CC2)cc1Cl. The molecule has 0 heterocycles. The van der Waals surface area contributed by atoms with E-state index < -0.39 is 10.0 Å². The van der Waals surface area contributed by atoms with Gasteiger partial charge in [0.25, 0.3) is 0 Å². The molecule has 1 fully saturated rings. The van der Waals surface area contributed by atoms with Crippen molar-refractivity contribution >= 4 is 27.3 Å². The minimum absolute atomic E-state index is 0.0784. The van der Waals surface area contributed by atoms with E-state index >= 15 is 0 Å². The number of rotatable bonds is 6. The van der Waals surface area contributed by atoms with Gasteiger partial charge in [-0.25, -0.2) is 8.42 Å². The van der Waals surface area contributed by atoms with Crippen LogP contribution in [0.5, 0.6) is 0 Å². The third-order valence-corrected chi connectivity index (χ3v) is 4.52. The second-order valence-electron chi connectivity index (χ2n) is 4.61.